The largest absolute Gasteiger partial charge is 0.395 e. The lowest BCUT2D eigenvalue weighted by atomic mass is 9.96. The number of piperidine rings is 1. The second-order valence-electron chi connectivity index (χ2n) is 5.31. The maximum absolute atomic E-state index is 11.1. The first-order valence-electron chi connectivity index (χ1n) is 7.11. The number of hydrogen-bond donors (Lipinski definition) is 2. The average molecular weight is 358 g/mol. The summed E-state index contributed by atoms with van der Waals surface area (Å²) in [6, 6.07) is 5.06. The Morgan fingerprint density at radius 3 is 2.76 bits per heavy atom. The number of nitrogens with one attached hydrogen (secondary N) is 1. The standard InChI is InChI=1S/C14H20BrN3O3/c15-12-1-2-13(14(9-12)18(20)21)16-10-11-3-5-17(6-4-11)7-8-19/h1-2,9,11,16,19H,3-8,10H2. The van der Waals surface area contributed by atoms with Gasteiger partial charge in [0.1, 0.15) is 5.69 Å². The number of anilines is 1. The molecule has 6 nitrogen and oxygen atoms in total. The number of hydrogen-bond acceptors (Lipinski definition) is 5. The summed E-state index contributed by atoms with van der Waals surface area (Å²) in [5.74, 6) is 0.517. The van der Waals surface area contributed by atoms with Crippen molar-refractivity contribution in [1.82, 2.24) is 4.90 Å². The first kappa shape index (κ1) is 16.2. The summed E-state index contributed by atoms with van der Waals surface area (Å²) in [4.78, 5) is 12.9. The van der Waals surface area contributed by atoms with Gasteiger partial charge in [-0.15, -0.1) is 0 Å². The Morgan fingerprint density at radius 2 is 2.14 bits per heavy atom. The molecule has 0 spiro atoms. The zero-order valence-electron chi connectivity index (χ0n) is 11.8. The lowest BCUT2D eigenvalue weighted by Gasteiger charge is -2.31. The molecule has 1 aromatic carbocycles. The lowest BCUT2D eigenvalue weighted by molar-refractivity contribution is -0.384. The van der Waals surface area contributed by atoms with Gasteiger partial charge in [-0.25, -0.2) is 0 Å². The molecule has 0 aromatic heterocycles. The van der Waals surface area contributed by atoms with Crippen LogP contribution in [0, 0.1) is 16.0 Å². The number of aliphatic hydroxyl groups is 1. The Morgan fingerprint density at radius 1 is 1.43 bits per heavy atom. The van der Waals surface area contributed by atoms with Crippen LogP contribution in [0.4, 0.5) is 11.4 Å². The molecule has 116 valence electrons. The first-order chi connectivity index (χ1) is 10.1. The SMILES string of the molecule is O=[N+]([O-])c1cc(Br)ccc1NCC1CCN(CCO)CC1. The number of β-amino-alcohol motifs (C(OH)–C–C–N with tert-alkyl or cyclic N) is 1. The molecule has 1 heterocycles. The van der Waals surface area contributed by atoms with Crippen LogP contribution < -0.4 is 5.32 Å². The Bertz CT molecular complexity index is 490. The van der Waals surface area contributed by atoms with Crippen LogP contribution in [-0.4, -0.2) is 47.7 Å². The summed E-state index contributed by atoms with van der Waals surface area (Å²) >= 11 is 3.26. The number of nitro groups is 1. The molecule has 2 rings (SSSR count). The highest BCUT2D eigenvalue weighted by Gasteiger charge is 2.20. The quantitative estimate of drug-likeness (QED) is 0.603. The molecule has 0 aliphatic carbocycles. The zero-order chi connectivity index (χ0) is 15.2. The minimum Gasteiger partial charge on any atom is -0.395 e. The third-order valence-corrected chi connectivity index (χ3v) is 4.35. The van der Waals surface area contributed by atoms with E-state index in [2.05, 4.69) is 26.1 Å². The highest BCUT2D eigenvalue weighted by atomic mass is 79.9. The molecule has 0 bridgehead atoms. The van der Waals surface area contributed by atoms with E-state index in [9.17, 15) is 10.1 Å². The molecule has 1 fully saturated rings. The minimum atomic E-state index is -0.364. The van der Waals surface area contributed by atoms with Crippen LogP contribution in [0.15, 0.2) is 22.7 Å². The summed E-state index contributed by atoms with van der Waals surface area (Å²) in [5.41, 5.74) is 0.670. The van der Waals surface area contributed by atoms with Crippen LogP contribution in [0.5, 0.6) is 0 Å². The van der Waals surface area contributed by atoms with Crippen molar-refractivity contribution in [3.63, 3.8) is 0 Å². The zero-order valence-corrected chi connectivity index (χ0v) is 13.4. The van der Waals surface area contributed by atoms with Crippen molar-refractivity contribution in [2.75, 3.05) is 38.1 Å². The van der Waals surface area contributed by atoms with E-state index in [1.807, 2.05) is 0 Å². The van der Waals surface area contributed by atoms with Crippen LogP contribution >= 0.6 is 15.9 Å². The van der Waals surface area contributed by atoms with Gasteiger partial charge in [0.05, 0.1) is 11.5 Å². The third-order valence-electron chi connectivity index (χ3n) is 3.86. The molecule has 1 aromatic rings. The van der Waals surface area contributed by atoms with Gasteiger partial charge in [0.15, 0.2) is 0 Å². The topological polar surface area (TPSA) is 78.6 Å². The van der Waals surface area contributed by atoms with Gasteiger partial charge in [0.2, 0.25) is 0 Å². The van der Waals surface area contributed by atoms with Gasteiger partial charge in [-0.05, 0) is 44.0 Å². The van der Waals surface area contributed by atoms with Crippen LogP contribution in [0.2, 0.25) is 0 Å². The summed E-state index contributed by atoms with van der Waals surface area (Å²) in [5, 5.41) is 23.2. The molecule has 7 heteroatoms. The minimum absolute atomic E-state index is 0.0992. The van der Waals surface area contributed by atoms with E-state index in [0.29, 0.717) is 16.1 Å². The van der Waals surface area contributed by atoms with Crippen molar-refractivity contribution in [3.05, 3.63) is 32.8 Å². The van der Waals surface area contributed by atoms with Crippen LogP contribution in [0.25, 0.3) is 0 Å². The number of benzene rings is 1. The molecule has 0 atom stereocenters. The smallest absolute Gasteiger partial charge is 0.293 e. The third kappa shape index (κ3) is 4.66. The van der Waals surface area contributed by atoms with Crippen LogP contribution in [-0.2, 0) is 0 Å². The summed E-state index contributed by atoms with van der Waals surface area (Å²) in [7, 11) is 0. The first-order valence-corrected chi connectivity index (χ1v) is 7.90. The van der Waals surface area contributed by atoms with E-state index < -0.39 is 0 Å². The maximum Gasteiger partial charge on any atom is 0.293 e. The van der Waals surface area contributed by atoms with Gasteiger partial charge in [-0.3, -0.25) is 10.1 Å². The van der Waals surface area contributed by atoms with E-state index in [0.717, 1.165) is 39.0 Å². The second kappa shape index (κ2) is 7.72. The van der Waals surface area contributed by atoms with Gasteiger partial charge in [0.25, 0.3) is 5.69 Å². The van der Waals surface area contributed by atoms with Crippen molar-refractivity contribution in [2.45, 2.75) is 12.8 Å². The number of rotatable bonds is 6. The van der Waals surface area contributed by atoms with E-state index in [4.69, 9.17) is 5.11 Å². The molecule has 21 heavy (non-hydrogen) atoms. The molecule has 0 unspecified atom stereocenters. The Balaban J connectivity index is 1.88. The maximum atomic E-state index is 11.1. The molecule has 1 aliphatic heterocycles. The number of likely N-dealkylation sites (tertiary alicyclic amines) is 1. The summed E-state index contributed by atoms with van der Waals surface area (Å²) in [6.07, 6.45) is 2.11. The molecular formula is C14H20BrN3O3. The predicted octanol–water partition coefficient (Wildman–Crippen LogP) is 2.47. The number of nitrogens with zero attached hydrogens (tertiary/aromatic N) is 2. The average Bonchev–Trinajstić information content (AvgIpc) is 2.47. The molecule has 2 N–H and O–H groups in total. The summed E-state index contributed by atoms with van der Waals surface area (Å²) in [6.45, 7) is 3.65. The molecule has 0 amide bonds. The number of halogens is 1. The van der Waals surface area contributed by atoms with Gasteiger partial charge in [-0.1, -0.05) is 15.9 Å². The van der Waals surface area contributed by atoms with Gasteiger partial charge in [0, 0.05) is 23.6 Å². The monoisotopic (exact) mass is 357 g/mol. The highest BCUT2D eigenvalue weighted by Crippen LogP contribution is 2.28. The van der Waals surface area contributed by atoms with E-state index >= 15 is 0 Å². The fourth-order valence-corrected chi connectivity index (χ4v) is 2.96. The second-order valence-corrected chi connectivity index (χ2v) is 6.22. The van der Waals surface area contributed by atoms with Crippen LogP contribution in [0.1, 0.15) is 12.8 Å². The Labute approximate surface area is 132 Å². The van der Waals surface area contributed by atoms with Gasteiger partial charge in [-0.2, -0.15) is 0 Å². The van der Waals surface area contributed by atoms with Gasteiger partial charge >= 0.3 is 0 Å². The highest BCUT2D eigenvalue weighted by molar-refractivity contribution is 9.10. The molecular weight excluding hydrogens is 338 g/mol. The number of aliphatic hydroxyl groups excluding tert-OH is 1. The van der Waals surface area contributed by atoms with Crippen molar-refractivity contribution in [3.8, 4) is 0 Å². The van der Waals surface area contributed by atoms with Crippen molar-refractivity contribution in [2.24, 2.45) is 5.92 Å². The normalized spacial score (nSPS) is 16.9. The Hall–Kier alpha value is -1.18. The van der Waals surface area contributed by atoms with Crippen LogP contribution in [0.3, 0.4) is 0 Å². The molecule has 0 saturated carbocycles. The van der Waals surface area contributed by atoms with E-state index in [1.165, 1.54) is 6.07 Å². The molecule has 1 saturated heterocycles. The molecule has 0 radical (unpaired) electrons. The van der Waals surface area contributed by atoms with Crippen molar-refractivity contribution < 1.29 is 10.0 Å². The fourth-order valence-electron chi connectivity index (χ4n) is 2.62. The number of nitro benzene ring substituents is 1. The van der Waals surface area contributed by atoms with Crippen molar-refractivity contribution in [1.29, 1.82) is 0 Å². The fraction of sp³-hybridized carbons (Fsp3) is 0.571. The lowest BCUT2D eigenvalue weighted by Crippen LogP contribution is -2.37. The summed E-state index contributed by atoms with van der Waals surface area (Å²) < 4.78 is 0.706. The van der Waals surface area contributed by atoms with E-state index in [1.54, 1.807) is 12.1 Å². The van der Waals surface area contributed by atoms with E-state index in [-0.39, 0.29) is 17.2 Å². The Kier molecular flexibility index (Phi) is 5.96. The predicted molar refractivity (Wildman–Crippen MR) is 85.5 cm³/mol. The molecule has 1 aliphatic rings. The van der Waals surface area contributed by atoms with Crippen molar-refractivity contribution >= 4 is 27.3 Å². The van der Waals surface area contributed by atoms with Gasteiger partial charge < -0.3 is 15.3 Å².